The lowest BCUT2D eigenvalue weighted by molar-refractivity contribution is 0.0606. The number of fused-ring (bicyclic) bond motifs is 1. The Bertz CT molecular complexity index is 818. The van der Waals surface area contributed by atoms with Crippen molar-refractivity contribution in [2.24, 2.45) is 0 Å². The van der Waals surface area contributed by atoms with Crippen LogP contribution in [0.25, 0.3) is 11.2 Å². The standard InChI is InChI=1S/C18H29BrN6O3/c1-6-8-10-24(18(3,4)5)17(26)28-25-14-12(21-15(25)19)13(20)22-16(23-14)27-11-9-7-2/h6-11H2,1-5H3,(H2,20,22,23). The molecule has 0 unspecified atom stereocenters. The van der Waals surface area contributed by atoms with Gasteiger partial charge in [0.1, 0.15) is 0 Å². The first-order valence-corrected chi connectivity index (χ1v) is 10.3. The number of unbranched alkanes of at least 4 members (excludes halogenated alkanes) is 2. The summed E-state index contributed by atoms with van der Waals surface area (Å²) in [5.41, 5.74) is 6.20. The number of aromatic nitrogens is 4. The van der Waals surface area contributed by atoms with Crippen LogP contribution >= 0.6 is 15.9 Å². The summed E-state index contributed by atoms with van der Waals surface area (Å²) in [6, 6.07) is 0.127. The summed E-state index contributed by atoms with van der Waals surface area (Å²) in [7, 11) is 0. The Morgan fingerprint density at radius 1 is 1.18 bits per heavy atom. The molecule has 0 aliphatic rings. The zero-order valence-corrected chi connectivity index (χ0v) is 18.7. The van der Waals surface area contributed by atoms with Crippen LogP contribution in [0.3, 0.4) is 0 Å². The van der Waals surface area contributed by atoms with Gasteiger partial charge in [-0.3, -0.25) is 0 Å². The van der Waals surface area contributed by atoms with Crippen LogP contribution in [-0.4, -0.2) is 49.4 Å². The van der Waals surface area contributed by atoms with E-state index in [0.29, 0.717) is 18.7 Å². The Hall–Kier alpha value is -2.10. The Balaban J connectivity index is 2.34. The molecule has 2 aromatic heterocycles. The minimum Gasteiger partial charge on any atom is -0.463 e. The van der Waals surface area contributed by atoms with Crippen LogP contribution in [0, 0.1) is 0 Å². The molecule has 0 saturated heterocycles. The van der Waals surface area contributed by atoms with Gasteiger partial charge in [-0.2, -0.15) is 9.97 Å². The third-order valence-electron chi connectivity index (χ3n) is 4.10. The number of hydrogen-bond acceptors (Lipinski definition) is 7. The maximum absolute atomic E-state index is 12.9. The van der Waals surface area contributed by atoms with Crippen LogP contribution in [0.1, 0.15) is 60.3 Å². The summed E-state index contributed by atoms with van der Waals surface area (Å²) in [5, 5.41) is 0. The van der Waals surface area contributed by atoms with Crippen LogP contribution in [0.5, 0.6) is 6.01 Å². The average Bonchev–Trinajstić information content (AvgIpc) is 2.91. The first-order chi connectivity index (χ1) is 13.2. The number of rotatable bonds is 8. The molecule has 156 valence electrons. The van der Waals surface area contributed by atoms with Gasteiger partial charge in [-0.25, -0.2) is 9.78 Å². The number of carbonyl (C=O) groups is 1. The molecule has 2 heterocycles. The van der Waals surface area contributed by atoms with Crippen molar-refractivity contribution in [3.63, 3.8) is 0 Å². The average molecular weight is 457 g/mol. The fourth-order valence-corrected chi connectivity index (χ4v) is 2.93. The molecule has 0 aliphatic heterocycles. The van der Waals surface area contributed by atoms with Gasteiger partial charge in [0.2, 0.25) is 10.4 Å². The van der Waals surface area contributed by atoms with Gasteiger partial charge in [0.15, 0.2) is 11.3 Å². The highest BCUT2D eigenvalue weighted by Crippen LogP contribution is 2.24. The second-order valence-electron chi connectivity index (χ2n) is 7.47. The molecule has 0 fully saturated rings. The first-order valence-electron chi connectivity index (χ1n) is 9.53. The second-order valence-corrected chi connectivity index (χ2v) is 8.18. The number of imidazole rings is 1. The van der Waals surface area contributed by atoms with Crippen molar-refractivity contribution in [3.05, 3.63) is 4.73 Å². The summed E-state index contributed by atoms with van der Waals surface area (Å²) < 4.78 is 7.04. The molecule has 2 rings (SSSR count). The molecular weight excluding hydrogens is 428 g/mol. The van der Waals surface area contributed by atoms with Crippen LogP contribution in [0.4, 0.5) is 10.6 Å². The lowest BCUT2D eigenvalue weighted by atomic mass is 10.1. The summed E-state index contributed by atoms with van der Waals surface area (Å²) in [4.78, 5) is 32.9. The molecule has 0 aliphatic carbocycles. The highest BCUT2D eigenvalue weighted by molar-refractivity contribution is 9.10. The summed E-state index contributed by atoms with van der Waals surface area (Å²) in [6.07, 6.45) is 3.21. The number of amides is 1. The summed E-state index contributed by atoms with van der Waals surface area (Å²) >= 11 is 3.30. The van der Waals surface area contributed by atoms with E-state index < -0.39 is 11.6 Å². The van der Waals surface area contributed by atoms with E-state index >= 15 is 0 Å². The van der Waals surface area contributed by atoms with Gasteiger partial charge in [-0.1, -0.05) is 26.7 Å². The van der Waals surface area contributed by atoms with Gasteiger partial charge >= 0.3 is 12.1 Å². The zero-order chi connectivity index (χ0) is 20.9. The van der Waals surface area contributed by atoms with Crippen molar-refractivity contribution >= 4 is 39.0 Å². The Morgan fingerprint density at radius 3 is 2.46 bits per heavy atom. The number of hydrogen-bond donors (Lipinski definition) is 1. The molecule has 0 atom stereocenters. The Morgan fingerprint density at radius 2 is 1.86 bits per heavy atom. The molecule has 0 bridgehead atoms. The van der Waals surface area contributed by atoms with E-state index in [-0.39, 0.29) is 22.2 Å². The molecule has 1 amide bonds. The van der Waals surface area contributed by atoms with Crippen molar-refractivity contribution in [1.82, 2.24) is 24.6 Å². The lowest BCUT2D eigenvalue weighted by Gasteiger charge is -2.34. The quantitative estimate of drug-likeness (QED) is 0.475. The van der Waals surface area contributed by atoms with Gasteiger partial charge in [-0.15, -0.1) is 4.73 Å². The number of halogens is 1. The van der Waals surface area contributed by atoms with Gasteiger partial charge in [0, 0.05) is 12.1 Å². The van der Waals surface area contributed by atoms with Gasteiger partial charge in [0.05, 0.1) is 6.61 Å². The molecule has 9 nitrogen and oxygen atoms in total. The maximum atomic E-state index is 12.9. The lowest BCUT2D eigenvalue weighted by Crippen LogP contribution is -2.49. The topological polar surface area (TPSA) is 108 Å². The second kappa shape index (κ2) is 9.40. The molecule has 0 spiro atoms. The number of nitrogens with zero attached hydrogens (tertiary/aromatic N) is 5. The predicted octanol–water partition coefficient (Wildman–Crippen LogP) is 3.80. The van der Waals surface area contributed by atoms with E-state index in [1.165, 1.54) is 4.73 Å². The SMILES string of the molecule is CCCCOc1nc(N)c2nc(Br)n(OC(=O)N(CCCC)C(C)(C)C)c2n1. The van der Waals surface area contributed by atoms with Crippen LogP contribution < -0.4 is 15.3 Å². The number of anilines is 1. The molecule has 10 heteroatoms. The monoisotopic (exact) mass is 456 g/mol. The molecule has 2 aromatic rings. The number of nitrogen functional groups attached to an aromatic ring is 1. The van der Waals surface area contributed by atoms with Gasteiger partial charge in [0.25, 0.3) is 0 Å². The van der Waals surface area contributed by atoms with Gasteiger partial charge < -0.3 is 20.2 Å². The number of carbonyl (C=O) groups excluding carboxylic acids is 1. The third-order valence-corrected chi connectivity index (χ3v) is 4.60. The van der Waals surface area contributed by atoms with Crippen LogP contribution in [0.15, 0.2) is 4.73 Å². The number of nitrogens with two attached hydrogens (primary N) is 1. The predicted molar refractivity (Wildman–Crippen MR) is 111 cm³/mol. The highest BCUT2D eigenvalue weighted by Gasteiger charge is 2.29. The van der Waals surface area contributed by atoms with Crippen molar-refractivity contribution in [3.8, 4) is 6.01 Å². The molecule has 0 saturated carbocycles. The highest BCUT2D eigenvalue weighted by atomic mass is 79.9. The summed E-state index contributed by atoms with van der Waals surface area (Å²) in [5.74, 6) is 0.158. The van der Waals surface area contributed by atoms with E-state index in [9.17, 15) is 4.79 Å². The van der Waals surface area contributed by atoms with E-state index in [4.69, 9.17) is 15.3 Å². The third kappa shape index (κ3) is 5.24. The molecule has 0 radical (unpaired) electrons. The number of ether oxygens (including phenoxy) is 1. The molecule has 28 heavy (non-hydrogen) atoms. The smallest absolute Gasteiger partial charge is 0.435 e. The van der Waals surface area contributed by atoms with Crippen LogP contribution in [0.2, 0.25) is 0 Å². The zero-order valence-electron chi connectivity index (χ0n) is 17.2. The normalized spacial score (nSPS) is 11.6. The van der Waals surface area contributed by atoms with Crippen molar-refractivity contribution in [2.45, 2.75) is 65.8 Å². The largest absolute Gasteiger partial charge is 0.463 e. The van der Waals surface area contributed by atoms with E-state index in [2.05, 4.69) is 44.7 Å². The van der Waals surface area contributed by atoms with E-state index in [1.54, 1.807) is 4.90 Å². The Labute approximate surface area is 173 Å². The van der Waals surface area contributed by atoms with Crippen molar-refractivity contribution in [1.29, 1.82) is 0 Å². The van der Waals surface area contributed by atoms with Gasteiger partial charge in [-0.05, 0) is 49.5 Å². The minimum atomic E-state index is -0.494. The minimum absolute atomic E-state index is 0.127. The summed E-state index contributed by atoms with van der Waals surface area (Å²) in [6.45, 7) is 11.1. The molecule has 0 aromatic carbocycles. The Kier molecular flexibility index (Phi) is 7.45. The van der Waals surface area contributed by atoms with Crippen molar-refractivity contribution in [2.75, 3.05) is 18.9 Å². The first kappa shape index (κ1) is 22.2. The maximum Gasteiger partial charge on any atom is 0.435 e. The van der Waals surface area contributed by atoms with E-state index in [0.717, 1.165) is 25.7 Å². The fourth-order valence-electron chi connectivity index (χ4n) is 2.51. The fraction of sp³-hybridized carbons (Fsp3) is 0.667. The van der Waals surface area contributed by atoms with Crippen LogP contribution in [-0.2, 0) is 0 Å². The molecular formula is C18H29BrN6O3. The molecule has 2 N–H and O–H groups in total. The van der Waals surface area contributed by atoms with E-state index in [1.807, 2.05) is 20.8 Å². The van der Waals surface area contributed by atoms with Crippen molar-refractivity contribution < 1.29 is 14.4 Å².